The lowest BCUT2D eigenvalue weighted by Crippen LogP contribution is -2.19. The number of nitrogens with one attached hydrogen (secondary N) is 1. The standard InChI is InChI=1S/C17H12BrClN2O3S/c1-24-14-6-9(12(18)8-13(14)22)7-15-16(23)21-17(25-15)20-11-4-2-10(19)3-5-11/h2-8,22H,1H3,(H,20,21,23). The Morgan fingerprint density at radius 2 is 2.04 bits per heavy atom. The molecule has 0 spiro atoms. The fourth-order valence-corrected chi connectivity index (χ4v) is 3.49. The van der Waals surface area contributed by atoms with E-state index in [4.69, 9.17) is 16.3 Å². The molecular weight excluding hydrogens is 428 g/mol. The number of phenols is 1. The number of phenolic OH excluding ortho intramolecular Hbond substituents is 1. The summed E-state index contributed by atoms with van der Waals surface area (Å²) in [5.74, 6) is 0.107. The maximum Gasteiger partial charge on any atom is 0.264 e. The van der Waals surface area contributed by atoms with Crippen molar-refractivity contribution in [3.63, 3.8) is 0 Å². The van der Waals surface area contributed by atoms with Crippen molar-refractivity contribution in [2.24, 2.45) is 4.99 Å². The molecule has 2 aromatic carbocycles. The molecular formula is C17H12BrClN2O3S. The van der Waals surface area contributed by atoms with Gasteiger partial charge in [0.05, 0.1) is 17.7 Å². The number of hydrogen-bond donors (Lipinski definition) is 2. The molecule has 25 heavy (non-hydrogen) atoms. The van der Waals surface area contributed by atoms with E-state index in [1.165, 1.54) is 24.9 Å². The minimum absolute atomic E-state index is 0.0186. The third-order valence-corrected chi connectivity index (χ3v) is 5.14. The molecule has 1 aliphatic rings. The van der Waals surface area contributed by atoms with Crippen LogP contribution in [-0.2, 0) is 4.79 Å². The second-order valence-electron chi connectivity index (χ2n) is 5.00. The van der Waals surface area contributed by atoms with Crippen LogP contribution in [0.5, 0.6) is 11.5 Å². The highest BCUT2D eigenvalue weighted by Gasteiger charge is 2.24. The zero-order valence-corrected chi connectivity index (χ0v) is 16.1. The molecule has 128 valence electrons. The number of hydrogen-bond acceptors (Lipinski definition) is 5. The maximum atomic E-state index is 12.2. The number of methoxy groups -OCH3 is 1. The van der Waals surface area contributed by atoms with E-state index in [0.29, 0.717) is 36.6 Å². The van der Waals surface area contributed by atoms with Crippen molar-refractivity contribution in [1.29, 1.82) is 0 Å². The second-order valence-corrected chi connectivity index (χ2v) is 7.33. The fourth-order valence-electron chi connectivity index (χ4n) is 2.09. The first-order valence-electron chi connectivity index (χ1n) is 7.08. The Morgan fingerprint density at radius 1 is 1.32 bits per heavy atom. The zero-order valence-electron chi connectivity index (χ0n) is 12.9. The molecule has 0 saturated carbocycles. The summed E-state index contributed by atoms with van der Waals surface area (Å²) in [6.07, 6.45) is 1.70. The van der Waals surface area contributed by atoms with Gasteiger partial charge in [-0.2, -0.15) is 0 Å². The molecule has 0 aliphatic carbocycles. The molecule has 1 aliphatic heterocycles. The third kappa shape index (κ3) is 4.18. The highest BCUT2D eigenvalue weighted by molar-refractivity contribution is 9.10. The number of carbonyl (C=O) groups is 1. The molecule has 1 saturated heterocycles. The quantitative estimate of drug-likeness (QED) is 0.680. The Kier molecular flexibility index (Phi) is 5.36. The van der Waals surface area contributed by atoms with Gasteiger partial charge in [0.25, 0.3) is 5.91 Å². The van der Waals surface area contributed by atoms with E-state index in [1.807, 2.05) is 0 Å². The van der Waals surface area contributed by atoms with Gasteiger partial charge in [-0.05, 0) is 59.8 Å². The molecule has 2 N–H and O–H groups in total. The summed E-state index contributed by atoms with van der Waals surface area (Å²) in [6.45, 7) is 0. The maximum absolute atomic E-state index is 12.2. The third-order valence-electron chi connectivity index (χ3n) is 3.29. The van der Waals surface area contributed by atoms with Crippen molar-refractivity contribution < 1.29 is 14.6 Å². The molecule has 0 bridgehead atoms. The molecule has 0 radical (unpaired) electrons. The lowest BCUT2D eigenvalue weighted by atomic mass is 10.2. The van der Waals surface area contributed by atoms with Gasteiger partial charge in [0.2, 0.25) is 0 Å². The van der Waals surface area contributed by atoms with Crippen molar-refractivity contribution in [3.05, 3.63) is 56.4 Å². The van der Waals surface area contributed by atoms with E-state index >= 15 is 0 Å². The van der Waals surface area contributed by atoms with Crippen LogP contribution in [0.4, 0.5) is 5.69 Å². The normalized spacial score (nSPS) is 17.2. The van der Waals surface area contributed by atoms with Gasteiger partial charge in [0.1, 0.15) is 0 Å². The SMILES string of the molecule is COc1cc(C=C2SC(=Nc3ccc(Cl)cc3)NC2=O)c(Br)cc1O. The summed E-state index contributed by atoms with van der Waals surface area (Å²) < 4.78 is 5.75. The number of aromatic hydroxyl groups is 1. The zero-order chi connectivity index (χ0) is 18.0. The number of carbonyl (C=O) groups excluding carboxylic acids is 1. The molecule has 1 amide bonds. The smallest absolute Gasteiger partial charge is 0.264 e. The molecule has 1 fully saturated rings. The van der Waals surface area contributed by atoms with Crippen LogP contribution in [0.15, 0.2) is 50.8 Å². The van der Waals surface area contributed by atoms with E-state index < -0.39 is 0 Å². The summed E-state index contributed by atoms with van der Waals surface area (Å²) in [5.41, 5.74) is 1.40. The van der Waals surface area contributed by atoms with Gasteiger partial charge in [-0.15, -0.1) is 0 Å². The van der Waals surface area contributed by atoms with Crippen LogP contribution in [-0.4, -0.2) is 23.3 Å². The highest BCUT2D eigenvalue weighted by atomic mass is 79.9. The average Bonchev–Trinajstić information content (AvgIpc) is 2.91. The summed E-state index contributed by atoms with van der Waals surface area (Å²) in [5, 5.41) is 13.6. The first-order valence-corrected chi connectivity index (χ1v) is 9.06. The number of rotatable bonds is 3. The monoisotopic (exact) mass is 438 g/mol. The van der Waals surface area contributed by atoms with Gasteiger partial charge < -0.3 is 15.2 Å². The number of ether oxygens (including phenoxy) is 1. The molecule has 1 heterocycles. The molecule has 5 nitrogen and oxygen atoms in total. The summed E-state index contributed by atoms with van der Waals surface area (Å²) >= 11 is 10.5. The van der Waals surface area contributed by atoms with Crippen LogP contribution in [0.3, 0.4) is 0 Å². The lowest BCUT2D eigenvalue weighted by molar-refractivity contribution is -0.115. The van der Waals surface area contributed by atoms with Crippen LogP contribution in [0.1, 0.15) is 5.56 Å². The van der Waals surface area contributed by atoms with Crippen molar-refractivity contribution in [3.8, 4) is 11.5 Å². The van der Waals surface area contributed by atoms with E-state index in [2.05, 4.69) is 26.2 Å². The van der Waals surface area contributed by atoms with Crippen molar-refractivity contribution >= 4 is 62.1 Å². The van der Waals surface area contributed by atoms with Gasteiger partial charge in [0, 0.05) is 9.50 Å². The molecule has 0 atom stereocenters. The van der Waals surface area contributed by atoms with Crippen molar-refractivity contribution in [1.82, 2.24) is 5.32 Å². The summed E-state index contributed by atoms with van der Waals surface area (Å²) in [7, 11) is 1.47. The Balaban J connectivity index is 1.88. The minimum Gasteiger partial charge on any atom is -0.504 e. The number of thioether (sulfide) groups is 1. The number of amidine groups is 1. The molecule has 8 heteroatoms. The minimum atomic E-state index is -0.239. The Morgan fingerprint density at radius 3 is 2.72 bits per heavy atom. The van der Waals surface area contributed by atoms with Crippen molar-refractivity contribution in [2.45, 2.75) is 0 Å². The van der Waals surface area contributed by atoms with E-state index in [-0.39, 0.29) is 11.7 Å². The molecule has 2 aromatic rings. The number of nitrogens with zero attached hydrogens (tertiary/aromatic N) is 1. The predicted molar refractivity (Wildman–Crippen MR) is 105 cm³/mol. The lowest BCUT2D eigenvalue weighted by Gasteiger charge is -2.06. The topological polar surface area (TPSA) is 70.9 Å². The van der Waals surface area contributed by atoms with Crippen LogP contribution in [0.2, 0.25) is 5.02 Å². The number of benzene rings is 2. The summed E-state index contributed by atoms with van der Waals surface area (Å²) in [6, 6.07) is 10.2. The first-order chi connectivity index (χ1) is 12.0. The Bertz CT molecular complexity index is 898. The number of aliphatic imine (C=N–C) groups is 1. The fraction of sp³-hybridized carbons (Fsp3) is 0.0588. The van der Waals surface area contributed by atoms with E-state index in [9.17, 15) is 9.90 Å². The van der Waals surface area contributed by atoms with E-state index in [0.717, 1.165) is 0 Å². The van der Waals surface area contributed by atoms with Gasteiger partial charge >= 0.3 is 0 Å². The number of amides is 1. The molecule has 3 rings (SSSR count). The average molecular weight is 440 g/mol. The Hall–Kier alpha value is -1.96. The van der Waals surface area contributed by atoms with Crippen LogP contribution >= 0.6 is 39.3 Å². The van der Waals surface area contributed by atoms with E-state index in [1.54, 1.807) is 36.4 Å². The largest absolute Gasteiger partial charge is 0.504 e. The van der Waals surface area contributed by atoms with Crippen LogP contribution in [0.25, 0.3) is 6.08 Å². The number of halogens is 2. The second kappa shape index (κ2) is 7.51. The van der Waals surface area contributed by atoms with Crippen LogP contribution < -0.4 is 10.1 Å². The van der Waals surface area contributed by atoms with Gasteiger partial charge in [-0.3, -0.25) is 4.79 Å². The van der Waals surface area contributed by atoms with Crippen LogP contribution in [0, 0.1) is 0 Å². The Labute approximate surface area is 161 Å². The first kappa shape index (κ1) is 17.8. The van der Waals surface area contributed by atoms with Crippen molar-refractivity contribution in [2.75, 3.05) is 7.11 Å². The van der Waals surface area contributed by atoms with Gasteiger partial charge in [0.15, 0.2) is 16.7 Å². The predicted octanol–water partition coefficient (Wildman–Crippen LogP) is 4.71. The summed E-state index contributed by atoms with van der Waals surface area (Å²) in [4.78, 5) is 17.0. The van der Waals surface area contributed by atoms with Gasteiger partial charge in [-0.25, -0.2) is 4.99 Å². The molecule has 0 unspecified atom stereocenters. The molecule has 0 aromatic heterocycles. The van der Waals surface area contributed by atoms with Gasteiger partial charge in [-0.1, -0.05) is 27.5 Å². The highest BCUT2D eigenvalue weighted by Crippen LogP contribution is 2.35.